The Morgan fingerprint density at radius 1 is 1.00 bits per heavy atom. The molecule has 0 aliphatic rings. The number of fused-ring (bicyclic) bond motifs is 1. The number of carbonyl (C=O) groups excluding carboxylic acids is 1. The van der Waals surface area contributed by atoms with Crippen LogP contribution in [0.3, 0.4) is 0 Å². The largest absolute Gasteiger partial charge is 0.444 e. The van der Waals surface area contributed by atoms with Crippen LogP contribution in [0.2, 0.25) is 0 Å². The van der Waals surface area contributed by atoms with Crippen LogP contribution in [0.1, 0.15) is 50.3 Å². The predicted octanol–water partition coefficient (Wildman–Crippen LogP) is 6.80. The summed E-state index contributed by atoms with van der Waals surface area (Å²) in [5, 5.41) is -0.221. The summed E-state index contributed by atoms with van der Waals surface area (Å²) in [4.78, 5) is 31.7. The Hall–Kier alpha value is -4.00. The van der Waals surface area contributed by atoms with Crippen molar-refractivity contribution in [3.05, 3.63) is 99.5 Å². The van der Waals surface area contributed by atoms with Crippen LogP contribution in [-0.4, -0.2) is 21.6 Å². The van der Waals surface area contributed by atoms with Crippen molar-refractivity contribution >= 4 is 17.0 Å². The van der Waals surface area contributed by atoms with Crippen molar-refractivity contribution in [1.82, 2.24) is 9.88 Å². The zero-order valence-electron chi connectivity index (χ0n) is 21.8. The monoisotopic (exact) mass is 502 g/mol. The minimum atomic E-state index is -0.842. The number of aryl methyl sites for hydroxylation is 2. The molecule has 0 saturated carbocycles. The summed E-state index contributed by atoms with van der Waals surface area (Å²) in [7, 11) is 0. The van der Waals surface area contributed by atoms with Gasteiger partial charge in [0.25, 0.3) is 0 Å². The van der Waals surface area contributed by atoms with Gasteiger partial charge in [-0.2, -0.15) is 0 Å². The molecule has 0 fully saturated rings. The van der Waals surface area contributed by atoms with Gasteiger partial charge in [-0.15, -0.1) is 0 Å². The second-order valence-electron chi connectivity index (χ2n) is 10.1. The highest BCUT2D eigenvalue weighted by Crippen LogP contribution is 2.26. The minimum Gasteiger partial charge on any atom is -0.444 e. The molecule has 0 aliphatic carbocycles. The number of halogens is 1. The Bertz CT molecular complexity index is 1500. The lowest BCUT2D eigenvalue weighted by atomic mass is 10.0. The van der Waals surface area contributed by atoms with E-state index in [1.165, 1.54) is 11.0 Å². The van der Waals surface area contributed by atoms with Gasteiger partial charge in [0.05, 0.1) is 5.52 Å². The molecule has 1 aromatic heterocycles. The van der Waals surface area contributed by atoms with E-state index < -0.39 is 23.1 Å². The smallest absolute Gasteiger partial charge is 0.411 e. The van der Waals surface area contributed by atoms with E-state index in [0.717, 1.165) is 28.7 Å². The second-order valence-corrected chi connectivity index (χ2v) is 10.1. The van der Waals surface area contributed by atoms with Gasteiger partial charge in [-0.3, -0.25) is 4.90 Å². The number of hydrogen-bond donors (Lipinski definition) is 0. The zero-order chi connectivity index (χ0) is 26.7. The van der Waals surface area contributed by atoms with Crippen LogP contribution >= 0.6 is 0 Å². The first-order valence-corrected chi connectivity index (χ1v) is 12.3. The summed E-state index contributed by atoms with van der Waals surface area (Å²) in [5.41, 5.74) is 3.09. The Labute approximate surface area is 215 Å². The van der Waals surface area contributed by atoms with Gasteiger partial charge < -0.3 is 9.15 Å². The van der Waals surface area contributed by atoms with Crippen LogP contribution in [0.5, 0.6) is 0 Å². The van der Waals surface area contributed by atoms with Gasteiger partial charge in [0, 0.05) is 6.54 Å². The summed E-state index contributed by atoms with van der Waals surface area (Å²) in [6.07, 6.45) is 0.270. The molecule has 4 rings (SSSR count). The Morgan fingerprint density at radius 3 is 2.43 bits per heavy atom. The number of hydrogen-bond acceptors (Lipinski definition) is 5. The van der Waals surface area contributed by atoms with E-state index in [1.54, 1.807) is 26.8 Å². The lowest BCUT2D eigenvalue weighted by Crippen LogP contribution is -2.36. The Morgan fingerprint density at radius 2 is 1.73 bits per heavy atom. The third-order valence-electron chi connectivity index (χ3n) is 5.83. The molecule has 0 spiro atoms. The highest BCUT2D eigenvalue weighted by molar-refractivity contribution is 5.84. The van der Waals surface area contributed by atoms with E-state index in [-0.39, 0.29) is 29.9 Å². The number of benzene rings is 3. The lowest BCUT2D eigenvalue weighted by molar-refractivity contribution is 0.0198. The maximum absolute atomic E-state index is 15.0. The molecular weight excluding hydrogens is 471 g/mol. The summed E-state index contributed by atoms with van der Waals surface area (Å²) in [6.45, 7) is 9.45. The van der Waals surface area contributed by atoms with Crippen LogP contribution in [0.15, 0.2) is 69.9 Å². The number of aromatic nitrogens is 1. The average molecular weight is 503 g/mol. The summed E-state index contributed by atoms with van der Waals surface area (Å²) in [5.74, 6) is -0.708. The fraction of sp³-hybridized carbons (Fsp3) is 0.300. The third-order valence-corrected chi connectivity index (χ3v) is 5.83. The van der Waals surface area contributed by atoms with Gasteiger partial charge in [0.15, 0.2) is 0 Å². The molecule has 0 unspecified atom stereocenters. The number of rotatable bonds is 6. The summed E-state index contributed by atoms with van der Waals surface area (Å²) < 4.78 is 26.0. The Kier molecular flexibility index (Phi) is 7.43. The molecular formula is C30H31FN2O4. The van der Waals surface area contributed by atoms with Gasteiger partial charge in [-0.1, -0.05) is 61.0 Å². The van der Waals surface area contributed by atoms with Crippen molar-refractivity contribution in [3.63, 3.8) is 0 Å². The lowest BCUT2D eigenvalue weighted by Gasteiger charge is -2.27. The molecule has 1 amide bonds. The minimum absolute atomic E-state index is 0.00475. The molecule has 0 atom stereocenters. The average Bonchev–Trinajstić information content (AvgIpc) is 2.82. The van der Waals surface area contributed by atoms with Crippen LogP contribution in [0.25, 0.3) is 22.0 Å². The first kappa shape index (κ1) is 26.1. The van der Waals surface area contributed by atoms with Gasteiger partial charge in [0.1, 0.15) is 23.3 Å². The topological polar surface area (TPSA) is 72.6 Å². The number of ether oxygens (including phenoxy) is 1. The van der Waals surface area contributed by atoms with E-state index in [0.29, 0.717) is 5.56 Å². The fourth-order valence-electron chi connectivity index (χ4n) is 4.11. The molecule has 7 heteroatoms. The molecule has 0 saturated heterocycles. The number of nitrogens with zero attached hydrogens (tertiary/aromatic N) is 2. The normalized spacial score (nSPS) is 11.5. The molecule has 0 bridgehead atoms. The highest BCUT2D eigenvalue weighted by atomic mass is 19.1. The third kappa shape index (κ3) is 6.42. The van der Waals surface area contributed by atoms with Crippen molar-refractivity contribution in [2.45, 2.75) is 59.7 Å². The zero-order valence-corrected chi connectivity index (χ0v) is 21.8. The molecule has 0 radical (unpaired) electrons. The van der Waals surface area contributed by atoms with Crippen molar-refractivity contribution in [2.75, 3.05) is 0 Å². The van der Waals surface area contributed by atoms with Gasteiger partial charge in [-0.05, 0) is 68.5 Å². The van der Waals surface area contributed by atoms with Gasteiger partial charge in [-0.25, -0.2) is 19.0 Å². The first-order valence-electron chi connectivity index (χ1n) is 12.3. The number of amides is 1. The molecule has 4 aromatic rings. The summed E-state index contributed by atoms with van der Waals surface area (Å²) in [6, 6.07) is 18.5. The van der Waals surface area contributed by atoms with Crippen LogP contribution in [0.4, 0.5) is 9.18 Å². The molecule has 3 aromatic carbocycles. The fourth-order valence-corrected chi connectivity index (χ4v) is 4.11. The highest BCUT2D eigenvalue weighted by Gasteiger charge is 2.25. The maximum atomic E-state index is 15.0. The molecule has 37 heavy (non-hydrogen) atoms. The van der Waals surface area contributed by atoms with Crippen molar-refractivity contribution < 1.29 is 18.3 Å². The van der Waals surface area contributed by atoms with E-state index in [4.69, 9.17) is 9.15 Å². The van der Waals surface area contributed by atoms with E-state index in [9.17, 15) is 9.59 Å². The van der Waals surface area contributed by atoms with Gasteiger partial charge >= 0.3 is 11.7 Å². The van der Waals surface area contributed by atoms with Crippen molar-refractivity contribution in [1.29, 1.82) is 0 Å². The van der Waals surface area contributed by atoms with Crippen LogP contribution < -0.4 is 5.63 Å². The van der Waals surface area contributed by atoms with E-state index in [1.807, 2.05) is 62.4 Å². The summed E-state index contributed by atoms with van der Waals surface area (Å²) >= 11 is 0. The molecule has 6 nitrogen and oxygen atoms in total. The maximum Gasteiger partial charge on any atom is 0.411 e. The van der Waals surface area contributed by atoms with Crippen LogP contribution in [-0.2, 0) is 24.2 Å². The second kappa shape index (κ2) is 10.5. The van der Waals surface area contributed by atoms with Gasteiger partial charge in [0.2, 0.25) is 5.89 Å². The van der Waals surface area contributed by atoms with E-state index in [2.05, 4.69) is 4.98 Å². The number of carbonyl (C=O) groups is 1. The van der Waals surface area contributed by atoms with Crippen LogP contribution in [0, 0.1) is 12.7 Å². The quantitative estimate of drug-likeness (QED) is 0.290. The molecule has 1 heterocycles. The SMILES string of the molecule is CCc1cccc(-c2cc(F)c3c(=O)oc(CN(Cc4cccc(C)c4)C(=O)OC(C)(C)C)nc3c2)c1. The Balaban J connectivity index is 1.73. The molecule has 0 aliphatic heterocycles. The molecule has 192 valence electrons. The molecule has 0 N–H and O–H groups in total. The van der Waals surface area contributed by atoms with E-state index >= 15 is 4.39 Å². The predicted molar refractivity (Wildman–Crippen MR) is 142 cm³/mol. The van der Waals surface area contributed by atoms with Crippen molar-refractivity contribution in [2.24, 2.45) is 0 Å². The standard InChI is InChI=1S/C30H31FN2O4/c1-6-20-10-8-12-22(14-20)23-15-24(31)27-25(16-23)32-26(36-28(27)34)18-33(29(35)37-30(3,4)5)17-21-11-7-9-19(2)13-21/h7-16H,6,17-18H2,1-5H3. The van der Waals surface area contributed by atoms with Crippen molar-refractivity contribution in [3.8, 4) is 11.1 Å². The first-order chi connectivity index (χ1) is 17.5.